The summed E-state index contributed by atoms with van der Waals surface area (Å²) in [5.41, 5.74) is 1.10. The van der Waals surface area contributed by atoms with E-state index in [1.165, 1.54) is 11.3 Å². The number of thioether (sulfide) groups is 1. The largest absolute Gasteiger partial charge is 0.311 e. The fourth-order valence-electron chi connectivity index (χ4n) is 3.31. The summed E-state index contributed by atoms with van der Waals surface area (Å²) in [4.78, 5) is 30.6. The summed E-state index contributed by atoms with van der Waals surface area (Å²) in [7, 11) is 0. The van der Waals surface area contributed by atoms with E-state index in [1.54, 1.807) is 22.9 Å². The van der Waals surface area contributed by atoms with Crippen LogP contribution in [0.3, 0.4) is 0 Å². The quantitative estimate of drug-likeness (QED) is 0.929. The number of carbonyl (C=O) groups is 2. The zero-order chi connectivity index (χ0) is 15.9. The highest BCUT2D eigenvalue weighted by Gasteiger charge is 2.56. The molecule has 2 aliphatic heterocycles. The van der Waals surface area contributed by atoms with Gasteiger partial charge < -0.3 is 10.2 Å². The highest BCUT2D eigenvalue weighted by atomic mass is 32.2. The average Bonchev–Trinajstić information content (AvgIpc) is 3.27. The lowest BCUT2D eigenvalue weighted by atomic mass is 10.0. The van der Waals surface area contributed by atoms with Crippen molar-refractivity contribution in [3.63, 3.8) is 0 Å². The first-order chi connectivity index (χ1) is 11.2. The van der Waals surface area contributed by atoms with Gasteiger partial charge in [-0.3, -0.25) is 9.59 Å². The van der Waals surface area contributed by atoms with E-state index in [9.17, 15) is 9.59 Å². The number of fused-ring (bicyclic) bond motifs is 1. The molecule has 0 saturated carbocycles. The number of thiazole rings is 1. The smallest absolute Gasteiger partial charge is 0.249 e. The molecule has 5 nitrogen and oxygen atoms in total. The van der Waals surface area contributed by atoms with Crippen molar-refractivity contribution in [1.29, 1.82) is 0 Å². The van der Waals surface area contributed by atoms with E-state index in [0.717, 1.165) is 12.0 Å². The summed E-state index contributed by atoms with van der Waals surface area (Å²) >= 11 is 3.07. The maximum absolute atomic E-state index is 12.6. The van der Waals surface area contributed by atoms with Crippen LogP contribution >= 0.6 is 23.1 Å². The highest BCUT2D eigenvalue weighted by Crippen LogP contribution is 2.54. The minimum absolute atomic E-state index is 0.0538. The topological polar surface area (TPSA) is 62.3 Å². The van der Waals surface area contributed by atoms with Gasteiger partial charge in [-0.15, -0.1) is 23.1 Å². The van der Waals surface area contributed by atoms with Gasteiger partial charge in [0.1, 0.15) is 10.9 Å². The van der Waals surface area contributed by atoms with Crippen molar-refractivity contribution >= 4 is 40.0 Å². The van der Waals surface area contributed by atoms with Crippen molar-refractivity contribution in [2.45, 2.75) is 23.8 Å². The molecule has 2 aromatic rings. The predicted molar refractivity (Wildman–Crippen MR) is 91.2 cm³/mol. The van der Waals surface area contributed by atoms with Crippen molar-refractivity contribution in [3.05, 3.63) is 47.5 Å². The fraction of sp³-hybridized carbons (Fsp3) is 0.312. The van der Waals surface area contributed by atoms with Crippen LogP contribution < -0.4 is 5.32 Å². The molecule has 1 aromatic heterocycles. The third kappa shape index (κ3) is 2.35. The third-order valence-corrected chi connectivity index (χ3v) is 6.60. The Morgan fingerprint density at radius 2 is 2.17 bits per heavy atom. The number of aromatic nitrogens is 1. The Hall–Kier alpha value is -1.86. The number of anilines is 1. The molecule has 0 spiro atoms. The van der Waals surface area contributed by atoms with Crippen LogP contribution in [0.15, 0.2) is 41.9 Å². The Bertz CT molecular complexity index is 735. The molecule has 7 heteroatoms. The van der Waals surface area contributed by atoms with E-state index in [0.29, 0.717) is 17.3 Å². The van der Waals surface area contributed by atoms with Gasteiger partial charge in [-0.2, -0.15) is 0 Å². The molecular weight excluding hydrogens is 330 g/mol. The van der Waals surface area contributed by atoms with Crippen LogP contribution in [0.2, 0.25) is 0 Å². The second-order valence-corrected chi connectivity index (χ2v) is 7.76. The van der Waals surface area contributed by atoms with Crippen LogP contribution in [0, 0.1) is 0 Å². The first-order valence-electron chi connectivity index (χ1n) is 7.43. The molecule has 0 radical (unpaired) electrons. The van der Waals surface area contributed by atoms with E-state index >= 15 is 0 Å². The molecule has 2 amide bonds. The van der Waals surface area contributed by atoms with E-state index < -0.39 is 10.9 Å². The molecule has 3 heterocycles. The Morgan fingerprint density at radius 1 is 1.35 bits per heavy atom. The first-order valence-corrected chi connectivity index (χ1v) is 9.29. The van der Waals surface area contributed by atoms with E-state index in [2.05, 4.69) is 10.3 Å². The van der Waals surface area contributed by atoms with E-state index in [4.69, 9.17) is 0 Å². The van der Waals surface area contributed by atoms with Crippen molar-refractivity contribution < 1.29 is 9.59 Å². The average molecular weight is 345 g/mol. The van der Waals surface area contributed by atoms with Gasteiger partial charge in [0.05, 0.1) is 0 Å². The normalized spacial score (nSPS) is 26.3. The molecule has 0 aliphatic carbocycles. The fourth-order valence-corrected chi connectivity index (χ4v) is 5.49. The van der Waals surface area contributed by atoms with Crippen LogP contribution in [-0.2, 0) is 14.5 Å². The number of nitrogens with zero attached hydrogens (tertiary/aromatic N) is 2. The zero-order valence-electron chi connectivity index (χ0n) is 12.3. The van der Waals surface area contributed by atoms with Gasteiger partial charge in [0.15, 0.2) is 5.13 Å². The third-order valence-electron chi connectivity index (χ3n) is 4.32. The summed E-state index contributed by atoms with van der Waals surface area (Å²) < 4.78 is 0. The van der Waals surface area contributed by atoms with Crippen LogP contribution in [0.1, 0.15) is 18.4 Å². The zero-order valence-corrected chi connectivity index (χ0v) is 13.9. The van der Waals surface area contributed by atoms with Crippen LogP contribution in [-0.4, -0.2) is 33.5 Å². The van der Waals surface area contributed by atoms with Gasteiger partial charge in [0, 0.05) is 23.8 Å². The van der Waals surface area contributed by atoms with Crippen LogP contribution in [0.25, 0.3) is 0 Å². The highest BCUT2D eigenvalue weighted by molar-refractivity contribution is 8.00. The monoisotopic (exact) mass is 345 g/mol. The summed E-state index contributed by atoms with van der Waals surface area (Å²) in [6, 6.07) is 9.56. The number of hydrogen-bond acceptors (Lipinski definition) is 5. The minimum Gasteiger partial charge on any atom is -0.311 e. The molecule has 1 N–H and O–H groups in total. The Balaban J connectivity index is 1.64. The molecule has 0 unspecified atom stereocenters. The first kappa shape index (κ1) is 14.7. The van der Waals surface area contributed by atoms with Gasteiger partial charge in [-0.25, -0.2) is 4.98 Å². The summed E-state index contributed by atoms with van der Waals surface area (Å²) in [5, 5.41) is 5.21. The second kappa shape index (κ2) is 5.65. The standard InChI is InChI=1S/C16H15N3O2S2/c20-13-6-7-16(11-4-2-1-3-5-11)19(13)12(10-23-16)14(21)18-15-17-8-9-22-15/h1-5,8-9,12H,6-7,10H2,(H,17,18,21)/t12-,16+/m0/s1. The Labute approximate surface area is 142 Å². The van der Waals surface area contributed by atoms with Crippen molar-refractivity contribution in [2.24, 2.45) is 0 Å². The van der Waals surface area contributed by atoms with Crippen molar-refractivity contribution in [1.82, 2.24) is 9.88 Å². The maximum atomic E-state index is 12.6. The molecule has 2 fully saturated rings. The van der Waals surface area contributed by atoms with E-state index in [-0.39, 0.29) is 11.8 Å². The molecule has 0 bridgehead atoms. The lowest BCUT2D eigenvalue weighted by Crippen LogP contribution is -2.48. The summed E-state index contributed by atoms with van der Waals surface area (Å²) in [5.74, 6) is 0.510. The van der Waals surface area contributed by atoms with Gasteiger partial charge in [-0.05, 0) is 12.0 Å². The predicted octanol–water partition coefficient (Wildman–Crippen LogP) is 2.67. The lowest BCUT2D eigenvalue weighted by molar-refractivity contribution is -0.136. The minimum atomic E-state index is -0.445. The van der Waals surface area contributed by atoms with E-state index in [1.807, 2.05) is 35.7 Å². The molecule has 2 saturated heterocycles. The van der Waals surface area contributed by atoms with Gasteiger partial charge in [0.25, 0.3) is 0 Å². The van der Waals surface area contributed by atoms with Crippen molar-refractivity contribution in [3.8, 4) is 0 Å². The Morgan fingerprint density at radius 3 is 2.91 bits per heavy atom. The van der Waals surface area contributed by atoms with Crippen LogP contribution in [0.4, 0.5) is 5.13 Å². The second-order valence-electron chi connectivity index (χ2n) is 5.57. The molecule has 2 aliphatic rings. The maximum Gasteiger partial charge on any atom is 0.249 e. The number of benzene rings is 1. The molecule has 1 aromatic carbocycles. The molecule has 118 valence electrons. The molecule has 4 rings (SSSR count). The Kier molecular flexibility index (Phi) is 3.61. The molecule has 23 heavy (non-hydrogen) atoms. The van der Waals surface area contributed by atoms with Gasteiger partial charge in [-0.1, -0.05) is 30.3 Å². The summed E-state index contributed by atoms with van der Waals surface area (Å²) in [6.45, 7) is 0. The number of nitrogens with one attached hydrogen (secondary N) is 1. The number of amides is 2. The van der Waals surface area contributed by atoms with Crippen molar-refractivity contribution in [2.75, 3.05) is 11.1 Å². The number of hydrogen-bond donors (Lipinski definition) is 1. The molecular formula is C16H15N3O2S2. The number of rotatable bonds is 3. The van der Waals surface area contributed by atoms with Gasteiger partial charge in [0.2, 0.25) is 11.8 Å². The number of carbonyl (C=O) groups excluding carboxylic acids is 2. The van der Waals surface area contributed by atoms with Crippen LogP contribution in [0.5, 0.6) is 0 Å². The molecule has 2 atom stereocenters. The lowest BCUT2D eigenvalue weighted by Gasteiger charge is -2.33. The summed E-state index contributed by atoms with van der Waals surface area (Å²) in [6.07, 6.45) is 2.89. The SMILES string of the molecule is O=C(Nc1nccs1)[C@@H]1CS[C@@]2(c3ccccc3)CCC(=O)N12. The van der Waals surface area contributed by atoms with Gasteiger partial charge >= 0.3 is 0 Å².